The third-order valence-electron chi connectivity index (χ3n) is 2.21. The Morgan fingerprint density at radius 2 is 2.06 bits per heavy atom. The summed E-state index contributed by atoms with van der Waals surface area (Å²) in [6.45, 7) is 2.61. The average molecular weight is 258 g/mol. The minimum atomic E-state index is -0.0337. The van der Waals surface area contributed by atoms with Crippen molar-refractivity contribution in [3.63, 3.8) is 0 Å². The molecule has 1 aromatic rings. The third kappa shape index (κ3) is 3.54. The molecule has 0 aliphatic rings. The normalized spacial score (nSPS) is 10.8. The molecule has 0 saturated heterocycles. The van der Waals surface area contributed by atoms with Crippen LogP contribution in [0.15, 0.2) is 24.3 Å². The van der Waals surface area contributed by atoms with E-state index < -0.39 is 0 Å². The molecule has 0 aliphatic carbocycles. The number of carbonyl (C=O) groups is 1. The first-order valence-electron chi connectivity index (χ1n) is 4.92. The summed E-state index contributed by atoms with van der Waals surface area (Å²) in [6, 6.07) is 5.24. The molecule has 1 rings (SSSR count). The van der Waals surface area contributed by atoms with E-state index in [-0.39, 0.29) is 5.91 Å². The summed E-state index contributed by atoms with van der Waals surface area (Å²) in [5.41, 5.74) is 0.854. The number of hydrogen-bond acceptors (Lipinski definition) is 1. The smallest absolute Gasteiger partial charge is 0.246 e. The van der Waals surface area contributed by atoms with Crippen LogP contribution in [0.2, 0.25) is 10.0 Å². The quantitative estimate of drug-likeness (QED) is 0.760. The molecule has 0 fully saturated rings. The van der Waals surface area contributed by atoms with Crippen LogP contribution in [-0.4, -0.2) is 24.4 Å². The number of amides is 1. The van der Waals surface area contributed by atoms with Crippen molar-refractivity contribution < 1.29 is 4.79 Å². The second-order valence-corrected chi connectivity index (χ2v) is 4.17. The van der Waals surface area contributed by atoms with E-state index in [1.54, 1.807) is 30.2 Å². The van der Waals surface area contributed by atoms with Gasteiger partial charge in [0, 0.05) is 19.7 Å². The van der Waals surface area contributed by atoms with Gasteiger partial charge in [0.05, 0.1) is 10.0 Å². The Hall–Kier alpha value is -0.990. The van der Waals surface area contributed by atoms with Crippen LogP contribution in [0.4, 0.5) is 0 Å². The molecule has 4 heteroatoms. The van der Waals surface area contributed by atoms with Crippen LogP contribution < -0.4 is 0 Å². The number of nitrogens with zero attached hydrogens (tertiary/aromatic N) is 1. The summed E-state index contributed by atoms with van der Waals surface area (Å²) in [4.78, 5) is 13.1. The zero-order chi connectivity index (χ0) is 12.1. The highest BCUT2D eigenvalue weighted by molar-refractivity contribution is 6.42. The summed E-state index contributed by atoms with van der Waals surface area (Å²) in [5, 5.41) is 0.996. The van der Waals surface area contributed by atoms with Gasteiger partial charge in [-0.15, -0.1) is 0 Å². The lowest BCUT2D eigenvalue weighted by molar-refractivity contribution is -0.124. The molecular weight excluding hydrogens is 245 g/mol. The molecule has 0 aromatic heterocycles. The Morgan fingerprint density at radius 1 is 1.38 bits per heavy atom. The molecule has 0 aliphatic heterocycles. The first-order chi connectivity index (χ1) is 7.54. The van der Waals surface area contributed by atoms with Crippen molar-refractivity contribution in [2.24, 2.45) is 0 Å². The predicted octanol–water partition coefficient (Wildman–Crippen LogP) is 3.48. The highest BCUT2D eigenvalue weighted by atomic mass is 35.5. The standard InChI is InChI=1S/C12H13Cl2NO/c1-3-15(2)12(16)7-5-9-4-6-10(13)11(14)8-9/h4-8H,3H2,1-2H3/b7-5+. The fraction of sp³-hybridized carbons (Fsp3) is 0.250. The van der Waals surface area contributed by atoms with Crippen LogP contribution in [0.3, 0.4) is 0 Å². The summed E-state index contributed by atoms with van der Waals surface area (Å²) in [5.74, 6) is -0.0337. The molecule has 0 bridgehead atoms. The van der Waals surface area contributed by atoms with Crippen molar-refractivity contribution >= 4 is 35.2 Å². The fourth-order valence-electron chi connectivity index (χ4n) is 1.07. The number of benzene rings is 1. The zero-order valence-electron chi connectivity index (χ0n) is 9.21. The second-order valence-electron chi connectivity index (χ2n) is 3.36. The zero-order valence-corrected chi connectivity index (χ0v) is 10.7. The van der Waals surface area contributed by atoms with Crippen LogP contribution in [0.1, 0.15) is 12.5 Å². The average Bonchev–Trinajstić information content (AvgIpc) is 2.29. The van der Waals surface area contributed by atoms with Gasteiger partial charge in [0.2, 0.25) is 5.91 Å². The van der Waals surface area contributed by atoms with Crippen molar-refractivity contribution in [3.8, 4) is 0 Å². The van der Waals surface area contributed by atoms with E-state index in [1.165, 1.54) is 6.08 Å². The molecule has 1 amide bonds. The van der Waals surface area contributed by atoms with Gasteiger partial charge in [-0.05, 0) is 30.7 Å². The molecule has 2 nitrogen and oxygen atoms in total. The predicted molar refractivity (Wildman–Crippen MR) is 68.8 cm³/mol. The summed E-state index contributed by atoms with van der Waals surface area (Å²) in [7, 11) is 1.75. The molecule has 0 spiro atoms. The molecule has 1 aromatic carbocycles. The minimum absolute atomic E-state index is 0.0337. The van der Waals surface area contributed by atoms with E-state index in [1.807, 2.05) is 13.0 Å². The third-order valence-corrected chi connectivity index (χ3v) is 2.95. The van der Waals surface area contributed by atoms with Gasteiger partial charge in [-0.25, -0.2) is 0 Å². The van der Waals surface area contributed by atoms with E-state index in [0.717, 1.165) is 5.56 Å². The lowest BCUT2D eigenvalue weighted by Gasteiger charge is -2.10. The van der Waals surface area contributed by atoms with Crippen molar-refractivity contribution in [1.82, 2.24) is 4.90 Å². The Bertz CT molecular complexity index is 415. The summed E-state index contributed by atoms with van der Waals surface area (Å²) >= 11 is 11.6. The molecule has 0 saturated carbocycles. The van der Waals surface area contributed by atoms with Gasteiger partial charge in [0.25, 0.3) is 0 Å². The fourth-order valence-corrected chi connectivity index (χ4v) is 1.37. The molecule has 0 N–H and O–H groups in total. The van der Waals surface area contributed by atoms with Crippen LogP contribution in [0.5, 0.6) is 0 Å². The minimum Gasteiger partial charge on any atom is -0.343 e. The van der Waals surface area contributed by atoms with E-state index in [0.29, 0.717) is 16.6 Å². The number of likely N-dealkylation sites (N-methyl/N-ethyl adjacent to an activating group) is 1. The second kappa shape index (κ2) is 5.92. The van der Waals surface area contributed by atoms with Gasteiger partial charge in [0.1, 0.15) is 0 Å². The highest BCUT2D eigenvalue weighted by Crippen LogP contribution is 2.23. The van der Waals surface area contributed by atoms with Crippen molar-refractivity contribution in [2.75, 3.05) is 13.6 Å². The van der Waals surface area contributed by atoms with Gasteiger partial charge >= 0.3 is 0 Å². The maximum atomic E-state index is 11.5. The number of hydrogen-bond donors (Lipinski definition) is 0. The van der Waals surface area contributed by atoms with E-state index >= 15 is 0 Å². The first-order valence-corrected chi connectivity index (χ1v) is 5.68. The Morgan fingerprint density at radius 3 is 2.62 bits per heavy atom. The highest BCUT2D eigenvalue weighted by Gasteiger charge is 2.01. The maximum Gasteiger partial charge on any atom is 0.246 e. The van der Waals surface area contributed by atoms with Crippen LogP contribution >= 0.6 is 23.2 Å². The molecular formula is C12H13Cl2NO. The monoisotopic (exact) mass is 257 g/mol. The van der Waals surface area contributed by atoms with Crippen LogP contribution in [0.25, 0.3) is 6.08 Å². The molecule has 0 atom stereocenters. The first kappa shape index (κ1) is 13.1. The Labute approximate surface area is 105 Å². The van der Waals surface area contributed by atoms with Gasteiger partial charge < -0.3 is 4.90 Å². The van der Waals surface area contributed by atoms with E-state index in [9.17, 15) is 4.79 Å². The van der Waals surface area contributed by atoms with Crippen molar-refractivity contribution in [3.05, 3.63) is 39.9 Å². The molecule has 0 heterocycles. The van der Waals surface area contributed by atoms with Gasteiger partial charge in [0.15, 0.2) is 0 Å². The topological polar surface area (TPSA) is 20.3 Å². The number of halogens is 2. The molecule has 0 radical (unpaired) electrons. The molecule has 16 heavy (non-hydrogen) atoms. The Kier molecular flexibility index (Phi) is 4.84. The SMILES string of the molecule is CCN(C)C(=O)/C=C/c1ccc(Cl)c(Cl)c1. The van der Waals surface area contributed by atoms with Crippen LogP contribution in [0, 0.1) is 0 Å². The van der Waals surface area contributed by atoms with Crippen molar-refractivity contribution in [2.45, 2.75) is 6.92 Å². The van der Waals surface area contributed by atoms with Gasteiger partial charge in [-0.1, -0.05) is 29.3 Å². The summed E-state index contributed by atoms with van der Waals surface area (Å²) in [6.07, 6.45) is 3.24. The maximum absolute atomic E-state index is 11.5. The van der Waals surface area contributed by atoms with E-state index in [4.69, 9.17) is 23.2 Å². The van der Waals surface area contributed by atoms with Crippen molar-refractivity contribution in [1.29, 1.82) is 0 Å². The van der Waals surface area contributed by atoms with E-state index in [2.05, 4.69) is 0 Å². The van der Waals surface area contributed by atoms with Gasteiger partial charge in [-0.2, -0.15) is 0 Å². The molecule has 0 unspecified atom stereocenters. The van der Waals surface area contributed by atoms with Crippen LogP contribution in [-0.2, 0) is 4.79 Å². The lowest BCUT2D eigenvalue weighted by Crippen LogP contribution is -2.23. The molecule has 86 valence electrons. The summed E-state index contributed by atoms with van der Waals surface area (Å²) < 4.78 is 0. The largest absolute Gasteiger partial charge is 0.343 e. The number of carbonyl (C=O) groups excluding carboxylic acids is 1. The lowest BCUT2D eigenvalue weighted by atomic mass is 10.2. The van der Waals surface area contributed by atoms with Gasteiger partial charge in [-0.3, -0.25) is 4.79 Å². The number of rotatable bonds is 3. The Balaban J connectivity index is 2.77.